The van der Waals surface area contributed by atoms with E-state index in [-0.39, 0.29) is 0 Å². The van der Waals surface area contributed by atoms with Crippen molar-refractivity contribution in [2.75, 3.05) is 27.2 Å². The summed E-state index contributed by atoms with van der Waals surface area (Å²) in [5.74, 6) is 0.928. The minimum Gasteiger partial charge on any atom is -0.497 e. The van der Waals surface area contributed by atoms with E-state index in [2.05, 4.69) is 31.0 Å². The minimum atomic E-state index is 0.928. The summed E-state index contributed by atoms with van der Waals surface area (Å²) < 4.78 is 5.11. The fourth-order valence-corrected chi connectivity index (χ4v) is 1.27. The van der Waals surface area contributed by atoms with E-state index in [1.807, 2.05) is 12.1 Å². The molecule has 1 aromatic carbocycles. The monoisotopic (exact) mass is 193 g/mol. The summed E-state index contributed by atoms with van der Waals surface area (Å²) in [6, 6.07) is 8.28. The first kappa shape index (κ1) is 11.1. The first-order valence-electron chi connectivity index (χ1n) is 5.07. The molecule has 0 amide bonds. The number of hydrogen-bond donors (Lipinski definition) is 0. The highest BCUT2D eigenvalue weighted by atomic mass is 16.5. The molecule has 14 heavy (non-hydrogen) atoms. The van der Waals surface area contributed by atoms with Crippen molar-refractivity contribution < 1.29 is 4.74 Å². The van der Waals surface area contributed by atoms with E-state index in [1.54, 1.807) is 7.11 Å². The molecule has 2 heteroatoms. The van der Waals surface area contributed by atoms with Gasteiger partial charge in [-0.2, -0.15) is 0 Å². The second kappa shape index (κ2) is 5.66. The Hall–Kier alpha value is -1.02. The molecule has 0 aromatic heterocycles. The molecule has 0 fully saturated rings. The number of likely N-dealkylation sites (N-methyl/N-ethyl adjacent to an activating group) is 1. The number of nitrogens with zero attached hydrogens (tertiary/aromatic N) is 1. The average Bonchev–Trinajstić information content (AvgIpc) is 2.26. The topological polar surface area (TPSA) is 12.5 Å². The highest BCUT2D eigenvalue weighted by Crippen LogP contribution is 2.11. The van der Waals surface area contributed by atoms with Gasteiger partial charge in [0, 0.05) is 6.54 Å². The van der Waals surface area contributed by atoms with Gasteiger partial charge in [0.05, 0.1) is 7.11 Å². The fourth-order valence-electron chi connectivity index (χ4n) is 1.27. The van der Waals surface area contributed by atoms with E-state index in [9.17, 15) is 0 Å². The molecule has 2 nitrogen and oxygen atoms in total. The van der Waals surface area contributed by atoms with Crippen LogP contribution in [0.2, 0.25) is 0 Å². The SMILES string of the molecule is CCN(C)CCc1ccc(OC)cc1. The Morgan fingerprint density at radius 2 is 1.86 bits per heavy atom. The molecule has 1 aromatic rings. The molecule has 0 saturated carbocycles. The minimum absolute atomic E-state index is 0.928. The lowest BCUT2D eigenvalue weighted by Gasteiger charge is -2.13. The molecular formula is C12H19NO. The van der Waals surface area contributed by atoms with Crippen LogP contribution in [-0.2, 0) is 6.42 Å². The number of benzene rings is 1. The van der Waals surface area contributed by atoms with E-state index < -0.39 is 0 Å². The van der Waals surface area contributed by atoms with Gasteiger partial charge in [-0.3, -0.25) is 0 Å². The summed E-state index contributed by atoms with van der Waals surface area (Å²) in [6.07, 6.45) is 1.11. The Bertz CT molecular complexity index is 256. The smallest absolute Gasteiger partial charge is 0.118 e. The van der Waals surface area contributed by atoms with E-state index in [4.69, 9.17) is 4.74 Å². The molecule has 0 N–H and O–H groups in total. The lowest BCUT2D eigenvalue weighted by Crippen LogP contribution is -2.20. The summed E-state index contributed by atoms with van der Waals surface area (Å²) >= 11 is 0. The van der Waals surface area contributed by atoms with E-state index in [0.717, 1.165) is 25.3 Å². The Morgan fingerprint density at radius 1 is 1.21 bits per heavy atom. The summed E-state index contributed by atoms with van der Waals surface area (Å²) in [5, 5.41) is 0. The second-order valence-corrected chi connectivity index (χ2v) is 3.49. The van der Waals surface area contributed by atoms with Crippen LogP contribution in [0.15, 0.2) is 24.3 Å². The van der Waals surface area contributed by atoms with Gasteiger partial charge in [0.25, 0.3) is 0 Å². The van der Waals surface area contributed by atoms with Crippen LogP contribution in [0.3, 0.4) is 0 Å². The summed E-state index contributed by atoms with van der Waals surface area (Å²) in [4.78, 5) is 2.31. The van der Waals surface area contributed by atoms with E-state index in [0.29, 0.717) is 0 Å². The van der Waals surface area contributed by atoms with Crippen molar-refractivity contribution >= 4 is 0 Å². The zero-order valence-electron chi connectivity index (χ0n) is 9.29. The second-order valence-electron chi connectivity index (χ2n) is 3.49. The third kappa shape index (κ3) is 3.38. The van der Waals surface area contributed by atoms with Gasteiger partial charge >= 0.3 is 0 Å². The zero-order valence-corrected chi connectivity index (χ0v) is 9.29. The van der Waals surface area contributed by atoms with Gasteiger partial charge in [-0.05, 0) is 37.7 Å². The maximum absolute atomic E-state index is 5.11. The predicted octanol–water partition coefficient (Wildman–Crippen LogP) is 2.19. The van der Waals surface area contributed by atoms with Crippen molar-refractivity contribution in [1.82, 2.24) is 4.90 Å². The van der Waals surface area contributed by atoms with Crippen LogP contribution in [0.1, 0.15) is 12.5 Å². The third-order valence-corrected chi connectivity index (χ3v) is 2.48. The lowest BCUT2D eigenvalue weighted by atomic mass is 10.1. The van der Waals surface area contributed by atoms with E-state index in [1.165, 1.54) is 5.56 Å². The molecule has 0 atom stereocenters. The van der Waals surface area contributed by atoms with Crippen molar-refractivity contribution in [3.63, 3.8) is 0 Å². The van der Waals surface area contributed by atoms with Gasteiger partial charge < -0.3 is 9.64 Å². The van der Waals surface area contributed by atoms with Crippen LogP contribution in [0, 0.1) is 0 Å². The van der Waals surface area contributed by atoms with Gasteiger partial charge in [-0.25, -0.2) is 0 Å². The molecule has 0 unspecified atom stereocenters. The molecule has 0 heterocycles. The Kier molecular flexibility index (Phi) is 4.47. The van der Waals surface area contributed by atoms with Crippen molar-refractivity contribution in [3.05, 3.63) is 29.8 Å². The first-order valence-corrected chi connectivity index (χ1v) is 5.07. The zero-order chi connectivity index (χ0) is 10.4. The quantitative estimate of drug-likeness (QED) is 0.710. The van der Waals surface area contributed by atoms with E-state index >= 15 is 0 Å². The molecule has 78 valence electrons. The Labute approximate surface area is 86.5 Å². The Morgan fingerprint density at radius 3 is 2.36 bits per heavy atom. The molecule has 0 aliphatic carbocycles. The molecule has 0 aliphatic heterocycles. The molecule has 0 aliphatic rings. The number of rotatable bonds is 5. The fraction of sp³-hybridized carbons (Fsp3) is 0.500. The van der Waals surface area contributed by atoms with Crippen LogP contribution in [0.4, 0.5) is 0 Å². The van der Waals surface area contributed by atoms with Gasteiger partial charge in [0.2, 0.25) is 0 Å². The molecular weight excluding hydrogens is 174 g/mol. The van der Waals surface area contributed by atoms with Crippen LogP contribution in [0.5, 0.6) is 5.75 Å². The van der Waals surface area contributed by atoms with Gasteiger partial charge in [0.1, 0.15) is 5.75 Å². The predicted molar refractivity (Wildman–Crippen MR) is 59.9 cm³/mol. The highest BCUT2D eigenvalue weighted by molar-refractivity contribution is 5.27. The molecule has 0 radical (unpaired) electrons. The standard InChI is InChI=1S/C12H19NO/c1-4-13(2)10-9-11-5-7-12(14-3)8-6-11/h5-8H,4,9-10H2,1-3H3. The van der Waals surface area contributed by atoms with Crippen molar-refractivity contribution in [3.8, 4) is 5.75 Å². The highest BCUT2D eigenvalue weighted by Gasteiger charge is 1.97. The van der Waals surface area contributed by atoms with Crippen LogP contribution >= 0.6 is 0 Å². The molecule has 0 spiro atoms. The van der Waals surface area contributed by atoms with Gasteiger partial charge in [0.15, 0.2) is 0 Å². The molecule has 0 saturated heterocycles. The molecule has 1 rings (SSSR count). The molecule has 0 bridgehead atoms. The van der Waals surface area contributed by atoms with Crippen LogP contribution < -0.4 is 4.74 Å². The van der Waals surface area contributed by atoms with Crippen molar-refractivity contribution in [2.24, 2.45) is 0 Å². The summed E-state index contributed by atoms with van der Waals surface area (Å²) in [7, 11) is 3.84. The van der Waals surface area contributed by atoms with Crippen LogP contribution in [-0.4, -0.2) is 32.1 Å². The number of ether oxygens (including phenoxy) is 1. The number of hydrogen-bond acceptors (Lipinski definition) is 2. The maximum Gasteiger partial charge on any atom is 0.118 e. The number of methoxy groups -OCH3 is 1. The average molecular weight is 193 g/mol. The lowest BCUT2D eigenvalue weighted by molar-refractivity contribution is 0.357. The van der Waals surface area contributed by atoms with Crippen molar-refractivity contribution in [2.45, 2.75) is 13.3 Å². The van der Waals surface area contributed by atoms with Crippen LogP contribution in [0.25, 0.3) is 0 Å². The largest absolute Gasteiger partial charge is 0.497 e. The normalized spacial score (nSPS) is 10.6. The maximum atomic E-state index is 5.11. The third-order valence-electron chi connectivity index (χ3n) is 2.48. The van der Waals surface area contributed by atoms with Gasteiger partial charge in [-0.15, -0.1) is 0 Å². The summed E-state index contributed by atoms with van der Waals surface area (Å²) in [6.45, 7) is 4.40. The van der Waals surface area contributed by atoms with Crippen molar-refractivity contribution in [1.29, 1.82) is 0 Å². The summed E-state index contributed by atoms with van der Waals surface area (Å²) in [5.41, 5.74) is 1.37. The van der Waals surface area contributed by atoms with Gasteiger partial charge in [-0.1, -0.05) is 19.1 Å². The first-order chi connectivity index (χ1) is 6.76. The Balaban J connectivity index is 2.43.